The molecule has 1 aliphatic carbocycles. The molecule has 0 aromatic heterocycles. The van der Waals surface area contributed by atoms with Crippen LogP contribution in [0.4, 0.5) is 0 Å². The molecule has 0 amide bonds. The topological polar surface area (TPSA) is 71.1 Å². The minimum absolute atomic E-state index is 0.104. The van der Waals surface area contributed by atoms with Gasteiger partial charge in [0.05, 0.1) is 38.8 Å². The Bertz CT molecular complexity index is 370. The maximum Gasteiger partial charge on any atom is 0.313 e. The molecular formula is C16H28O6. The van der Waals surface area contributed by atoms with Crippen molar-refractivity contribution in [3.63, 3.8) is 0 Å². The summed E-state index contributed by atoms with van der Waals surface area (Å²) in [6.07, 6.45) is 4.46. The van der Waals surface area contributed by atoms with E-state index < -0.39 is 5.41 Å². The summed E-state index contributed by atoms with van der Waals surface area (Å²) in [5.74, 6) is -0.516. The van der Waals surface area contributed by atoms with Crippen LogP contribution in [0.15, 0.2) is 0 Å². The Balaban J connectivity index is 2.42. The minimum Gasteiger partial charge on any atom is -0.469 e. The molecule has 0 saturated heterocycles. The van der Waals surface area contributed by atoms with Crippen LogP contribution in [0.3, 0.4) is 0 Å². The number of hydrogen-bond donors (Lipinski definition) is 0. The molecule has 128 valence electrons. The zero-order valence-electron chi connectivity index (χ0n) is 14.1. The van der Waals surface area contributed by atoms with Crippen molar-refractivity contribution in [1.82, 2.24) is 0 Å². The lowest BCUT2D eigenvalue weighted by Crippen LogP contribution is -2.35. The molecule has 0 aromatic carbocycles. The van der Waals surface area contributed by atoms with Crippen LogP contribution in [-0.2, 0) is 28.8 Å². The van der Waals surface area contributed by atoms with Gasteiger partial charge in [0.1, 0.15) is 0 Å². The van der Waals surface area contributed by atoms with Crippen LogP contribution < -0.4 is 0 Å². The summed E-state index contributed by atoms with van der Waals surface area (Å²) in [6.45, 7) is 4.14. The van der Waals surface area contributed by atoms with Crippen LogP contribution >= 0.6 is 0 Å². The Labute approximate surface area is 132 Å². The second-order valence-electron chi connectivity index (χ2n) is 6.13. The molecule has 1 saturated carbocycles. The summed E-state index contributed by atoms with van der Waals surface area (Å²) in [4.78, 5) is 34.0. The molecule has 3 unspecified atom stereocenters. The van der Waals surface area contributed by atoms with Gasteiger partial charge in [0.2, 0.25) is 0 Å². The number of carbonyl (C=O) groups is 2. The standard InChI is InChI=1S/C16H28O6/c1-5-16(2,15(18)20-4)11-22-21-10-12-8-6-7-9-13(12)14(17)19-3/h12-13H,5-11H2,1-4H3. The van der Waals surface area contributed by atoms with Gasteiger partial charge in [-0.2, -0.15) is 0 Å². The number of ether oxygens (including phenoxy) is 2. The van der Waals surface area contributed by atoms with Gasteiger partial charge in [-0.25, -0.2) is 9.78 Å². The number of esters is 2. The molecule has 0 aromatic rings. The Kier molecular flexibility index (Phi) is 7.82. The molecule has 6 nitrogen and oxygen atoms in total. The second-order valence-corrected chi connectivity index (χ2v) is 6.13. The predicted molar refractivity (Wildman–Crippen MR) is 79.8 cm³/mol. The molecule has 22 heavy (non-hydrogen) atoms. The summed E-state index contributed by atoms with van der Waals surface area (Å²) in [5, 5.41) is 0. The fourth-order valence-electron chi connectivity index (χ4n) is 2.73. The van der Waals surface area contributed by atoms with Crippen molar-refractivity contribution in [2.24, 2.45) is 17.3 Å². The van der Waals surface area contributed by atoms with Gasteiger partial charge in [0.15, 0.2) is 0 Å². The van der Waals surface area contributed by atoms with E-state index in [0.29, 0.717) is 13.0 Å². The van der Waals surface area contributed by atoms with Crippen LogP contribution in [0.25, 0.3) is 0 Å². The SMILES string of the molecule is CCC(C)(COOCC1CCCCC1C(=O)OC)C(=O)OC. The van der Waals surface area contributed by atoms with Crippen molar-refractivity contribution in [3.05, 3.63) is 0 Å². The highest BCUT2D eigenvalue weighted by molar-refractivity contribution is 5.76. The van der Waals surface area contributed by atoms with Gasteiger partial charge in [-0.3, -0.25) is 9.59 Å². The quantitative estimate of drug-likeness (QED) is 0.296. The molecule has 3 atom stereocenters. The lowest BCUT2D eigenvalue weighted by Gasteiger charge is -2.29. The Morgan fingerprint density at radius 1 is 1.09 bits per heavy atom. The number of hydrogen-bond acceptors (Lipinski definition) is 6. The zero-order chi connectivity index (χ0) is 16.6. The zero-order valence-corrected chi connectivity index (χ0v) is 14.1. The lowest BCUT2D eigenvalue weighted by molar-refractivity contribution is -0.316. The van der Waals surface area contributed by atoms with Crippen LogP contribution in [-0.4, -0.2) is 39.4 Å². The van der Waals surface area contributed by atoms with E-state index >= 15 is 0 Å². The van der Waals surface area contributed by atoms with E-state index in [1.807, 2.05) is 6.92 Å². The summed E-state index contributed by atoms with van der Waals surface area (Å²) in [7, 11) is 2.77. The van der Waals surface area contributed by atoms with Crippen LogP contribution in [0.5, 0.6) is 0 Å². The highest BCUT2D eigenvalue weighted by Gasteiger charge is 2.35. The van der Waals surface area contributed by atoms with Gasteiger partial charge in [-0.1, -0.05) is 19.8 Å². The number of methoxy groups -OCH3 is 2. The summed E-state index contributed by atoms with van der Waals surface area (Å²) >= 11 is 0. The second kappa shape index (κ2) is 9.10. The molecule has 0 spiro atoms. The van der Waals surface area contributed by atoms with Crippen molar-refractivity contribution < 1.29 is 28.8 Å². The molecule has 0 aliphatic heterocycles. The van der Waals surface area contributed by atoms with Crippen LogP contribution in [0.2, 0.25) is 0 Å². The average molecular weight is 316 g/mol. The molecular weight excluding hydrogens is 288 g/mol. The molecule has 1 fully saturated rings. The van der Waals surface area contributed by atoms with E-state index in [2.05, 4.69) is 0 Å². The normalized spacial score (nSPS) is 24.4. The monoisotopic (exact) mass is 316 g/mol. The highest BCUT2D eigenvalue weighted by atomic mass is 17.2. The Morgan fingerprint density at radius 3 is 2.36 bits per heavy atom. The van der Waals surface area contributed by atoms with E-state index in [0.717, 1.165) is 25.7 Å². The summed E-state index contributed by atoms with van der Waals surface area (Å²) < 4.78 is 9.63. The first-order valence-electron chi connectivity index (χ1n) is 7.89. The summed E-state index contributed by atoms with van der Waals surface area (Å²) in [6, 6.07) is 0. The third-order valence-electron chi connectivity index (χ3n) is 4.61. The maximum absolute atomic E-state index is 11.8. The summed E-state index contributed by atoms with van der Waals surface area (Å²) in [5.41, 5.74) is -0.719. The largest absolute Gasteiger partial charge is 0.469 e. The number of carbonyl (C=O) groups excluding carboxylic acids is 2. The maximum atomic E-state index is 11.8. The van der Waals surface area contributed by atoms with Crippen molar-refractivity contribution in [2.45, 2.75) is 46.0 Å². The first-order chi connectivity index (χ1) is 10.5. The fourth-order valence-corrected chi connectivity index (χ4v) is 2.73. The van der Waals surface area contributed by atoms with Gasteiger partial charge in [0.25, 0.3) is 0 Å². The molecule has 1 aliphatic rings. The van der Waals surface area contributed by atoms with E-state index in [9.17, 15) is 9.59 Å². The van der Waals surface area contributed by atoms with Gasteiger partial charge in [-0.05, 0) is 32.1 Å². The molecule has 0 N–H and O–H groups in total. The van der Waals surface area contributed by atoms with Gasteiger partial charge < -0.3 is 9.47 Å². The number of rotatable bonds is 8. The first-order valence-corrected chi connectivity index (χ1v) is 7.89. The van der Waals surface area contributed by atoms with Gasteiger partial charge in [-0.15, -0.1) is 0 Å². The van der Waals surface area contributed by atoms with Crippen molar-refractivity contribution in [2.75, 3.05) is 27.4 Å². The van der Waals surface area contributed by atoms with Crippen molar-refractivity contribution >= 4 is 11.9 Å². The first kappa shape index (κ1) is 18.9. The van der Waals surface area contributed by atoms with Crippen LogP contribution in [0.1, 0.15) is 46.0 Å². The lowest BCUT2D eigenvalue weighted by atomic mass is 9.80. The molecule has 0 heterocycles. The Hall–Kier alpha value is -1.14. The van der Waals surface area contributed by atoms with Crippen molar-refractivity contribution in [3.8, 4) is 0 Å². The van der Waals surface area contributed by atoms with Crippen molar-refractivity contribution in [1.29, 1.82) is 0 Å². The van der Waals surface area contributed by atoms with E-state index in [-0.39, 0.29) is 30.4 Å². The minimum atomic E-state index is -0.719. The smallest absolute Gasteiger partial charge is 0.313 e. The molecule has 0 radical (unpaired) electrons. The fraction of sp³-hybridized carbons (Fsp3) is 0.875. The average Bonchev–Trinajstić information content (AvgIpc) is 2.57. The Morgan fingerprint density at radius 2 is 1.77 bits per heavy atom. The molecule has 1 rings (SSSR count). The third kappa shape index (κ3) is 4.95. The molecule has 6 heteroatoms. The van der Waals surface area contributed by atoms with E-state index in [4.69, 9.17) is 19.2 Å². The van der Waals surface area contributed by atoms with E-state index in [1.54, 1.807) is 6.92 Å². The van der Waals surface area contributed by atoms with Gasteiger partial charge in [0, 0.05) is 0 Å². The van der Waals surface area contributed by atoms with Gasteiger partial charge >= 0.3 is 11.9 Å². The third-order valence-corrected chi connectivity index (χ3v) is 4.61. The predicted octanol–water partition coefficient (Wildman–Crippen LogP) is 2.50. The van der Waals surface area contributed by atoms with Crippen LogP contribution in [0, 0.1) is 17.3 Å². The van der Waals surface area contributed by atoms with E-state index in [1.165, 1.54) is 14.2 Å². The molecule has 0 bridgehead atoms. The highest BCUT2D eigenvalue weighted by Crippen LogP contribution is 2.31.